The Morgan fingerprint density at radius 3 is 2.47 bits per heavy atom. The van der Waals surface area contributed by atoms with E-state index in [0.717, 1.165) is 19.3 Å². The third kappa shape index (κ3) is 2.83. The molecule has 0 N–H and O–H groups in total. The van der Waals surface area contributed by atoms with Gasteiger partial charge in [-0.3, -0.25) is 4.79 Å². The van der Waals surface area contributed by atoms with Crippen LogP contribution in [0.25, 0.3) is 0 Å². The zero-order chi connectivity index (χ0) is 12.1. The van der Waals surface area contributed by atoms with E-state index in [-0.39, 0.29) is 17.5 Å². The summed E-state index contributed by atoms with van der Waals surface area (Å²) in [6.07, 6.45) is 13.6. The standard InChI is InChI=1S/C15H26O2/c1-2-3-4-5-7-10-13-14(16)17-15(13)11-8-6-9-12-15/h13H,2-12H2,1H3. The van der Waals surface area contributed by atoms with Crippen molar-refractivity contribution in [1.82, 2.24) is 0 Å². The number of hydrogen-bond acceptors (Lipinski definition) is 2. The van der Waals surface area contributed by atoms with Crippen molar-refractivity contribution in [3.05, 3.63) is 0 Å². The van der Waals surface area contributed by atoms with Crippen molar-refractivity contribution in [2.75, 3.05) is 0 Å². The Morgan fingerprint density at radius 2 is 1.82 bits per heavy atom. The quantitative estimate of drug-likeness (QED) is 0.511. The van der Waals surface area contributed by atoms with Gasteiger partial charge in [0.2, 0.25) is 0 Å². The molecule has 0 aromatic heterocycles. The molecule has 1 aliphatic carbocycles. The molecule has 1 saturated carbocycles. The number of esters is 1. The first-order chi connectivity index (χ1) is 8.28. The predicted molar refractivity (Wildman–Crippen MR) is 68.8 cm³/mol. The summed E-state index contributed by atoms with van der Waals surface area (Å²) >= 11 is 0. The number of carbonyl (C=O) groups is 1. The lowest BCUT2D eigenvalue weighted by molar-refractivity contribution is -0.221. The van der Waals surface area contributed by atoms with E-state index in [4.69, 9.17) is 4.74 Å². The molecular formula is C15H26O2. The fourth-order valence-corrected chi connectivity index (χ4v) is 3.43. The number of unbranched alkanes of at least 4 members (excludes halogenated alkanes) is 4. The molecule has 98 valence electrons. The van der Waals surface area contributed by atoms with Gasteiger partial charge in [-0.2, -0.15) is 0 Å². The highest BCUT2D eigenvalue weighted by Gasteiger charge is 2.55. The third-order valence-electron chi connectivity index (χ3n) is 4.52. The van der Waals surface area contributed by atoms with Gasteiger partial charge >= 0.3 is 5.97 Å². The molecule has 17 heavy (non-hydrogen) atoms. The molecule has 1 spiro atoms. The SMILES string of the molecule is CCCCCCCC1C(=O)OC12CCCCC2. The van der Waals surface area contributed by atoms with Crippen molar-refractivity contribution < 1.29 is 9.53 Å². The molecule has 0 radical (unpaired) electrons. The maximum Gasteiger partial charge on any atom is 0.313 e. The average Bonchev–Trinajstić information content (AvgIpc) is 2.34. The summed E-state index contributed by atoms with van der Waals surface area (Å²) in [5.74, 6) is 0.326. The van der Waals surface area contributed by atoms with Crippen LogP contribution in [0.2, 0.25) is 0 Å². The fourth-order valence-electron chi connectivity index (χ4n) is 3.43. The van der Waals surface area contributed by atoms with Crippen LogP contribution >= 0.6 is 0 Å². The van der Waals surface area contributed by atoms with E-state index in [9.17, 15) is 4.79 Å². The summed E-state index contributed by atoms with van der Waals surface area (Å²) in [6, 6.07) is 0. The Balaban J connectivity index is 1.72. The summed E-state index contributed by atoms with van der Waals surface area (Å²) < 4.78 is 5.52. The smallest absolute Gasteiger partial charge is 0.313 e. The van der Waals surface area contributed by atoms with Crippen LogP contribution in [-0.2, 0) is 9.53 Å². The van der Waals surface area contributed by atoms with E-state index < -0.39 is 0 Å². The van der Waals surface area contributed by atoms with Crippen molar-refractivity contribution in [2.45, 2.75) is 83.2 Å². The van der Waals surface area contributed by atoms with Crippen LogP contribution in [0.1, 0.15) is 77.6 Å². The zero-order valence-corrected chi connectivity index (χ0v) is 11.2. The second kappa shape index (κ2) is 5.88. The van der Waals surface area contributed by atoms with Crippen molar-refractivity contribution in [2.24, 2.45) is 5.92 Å². The first-order valence-corrected chi connectivity index (χ1v) is 7.51. The number of carbonyl (C=O) groups excluding carboxylic acids is 1. The molecule has 1 atom stereocenters. The van der Waals surface area contributed by atoms with E-state index in [1.165, 1.54) is 51.4 Å². The van der Waals surface area contributed by atoms with Crippen molar-refractivity contribution in [1.29, 1.82) is 0 Å². The van der Waals surface area contributed by atoms with Gasteiger partial charge in [0.1, 0.15) is 5.60 Å². The van der Waals surface area contributed by atoms with Crippen LogP contribution in [0.3, 0.4) is 0 Å². The van der Waals surface area contributed by atoms with Crippen LogP contribution in [0.5, 0.6) is 0 Å². The molecule has 0 bridgehead atoms. The normalized spacial score (nSPS) is 26.6. The maximum absolute atomic E-state index is 11.6. The second-order valence-corrected chi connectivity index (χ2v) is 5.80. The Hall–Kier alpha value is -0.530. The van der Waals surface area contributed by atoms with Crippen LogP contribution in [-0.4, -0.2) is 11.6 Å². The fraction of sp³-hybridized carbons (Fsp3) is 0.933. The highest BCUT2D eigenvalue weighted by molar-refractivity contribution is 5.80. The summed E-state index contributed by atoms with van der Waals surface area (Å²) in [4.78, 5) is 11.6. The first-order valence-electron chi connectivity index (χ1n) is 7.51. The maximum atomic E-state index is 11.6. The molecule has 1 unspecified atom stereocenters. The molecule has 2 rings (SSSR count). The molecule has 0 aromatic carbocycles. The molecule has 2 aliphatic rings. The Morgan fingerprint density at radius 1 is 1.12 bits per heavy atom. The molecule has 1 aliphatic heterocycles. The third-order valence-corrected chi connectivity index (χ3v) is 4.52. The number of hydrogen-bond donors (Lipinski definition) is 0. The van der Waals surface area contributed by atoms with Gasteiger partial charge in [0.25, 0.3) is 0 Å². The van der Waals surface area contributed by atoms with Crippen molar-refractivity contribution >= 4 is 5.97 Å². The monoisotopic (exact) mass is 238 g/mol. The highest BCUT2D eigenvalue weighted by Crippen LogP contribution is 2.47. The molecule has 2 heteroatoms. The highest BCUT2D eigenvalue weighted by atomic mass is 16.6. The van der Waals surface area contributed by atoms with Gasteiger partial charge in [-0.05, 0) is 32.1 Å². The number of rotatable bonds is 6. The van der Waals surface area contributed by atoms with Crippen LogP contribution in [0.4, 0.5) is 0 Å². The summed E-state index contributed by atoms with van der Waals surface area (Å²) in [7, 11) is 0. The van der Waals surface area contributed by atoms with Gasteiger partial charge in [-0.15, -0.1) is 0 Å². The summed E-state index contributed by atoms with van der Waals surface area (Å²) in [5, 5.41) is 0. The van der Waals surface area contributed by atoms with E-state index in [2.05, 4.69) is 6.92 Å². The predicted octanol–water partition coefficient (Wildman–Crippen LogP) is 4.22. The van der Waals surface area contributed by atoms with Gasteiger partial charge in [0, 0.05) is 0 Å². The lowest BCUT2D eigenvalue weighted by atomic mass is 9.70. The molecule has 0 amide bonds. The van der Waals surface area contributed by atoms with Gasteiger partial charge in [0.15, 0.2) is 0 Å². The molecular weight excluding hydrogens is 212 g/mol. The van der Waals surface area contributed by atoms with Crippen LogP contribution < -0.4 is 0 Å². The largest absolute Gasteiger partial charge is 0.458 e. The van der Waals surface area contributed by atoms with Crippen LogP contribution in [0.15, 0.2) is 0 Å². The Bertz CT molecular complexity index is 254. The lowest BCUT2D eigenvalue weighted by Gasteiger charge is -2.50. The van der Waals surface area contributed by atoms with E-state index in [1.54, 1.807) is 0 Å². The van der Waals surface area contributed by atoms with Crippen molar-refractivity contribution in [3.63, 3.8) is 0 Å². The van der Waals surface area contributed by atoms with Gasteiger partial charge in [-0.1, -0.05) is 45.4 Å². The average molecular weight is 238 g/mol. The zero-order valence-electron chi connectivity index (χ0n) is 11.2. The minimum atomic E-state index is -0.0138. The molecule has 2 nitrogen and oxygen atoms in total. The number of ether oxygens (including phenoxy) is 1. The first kappa shape index (κ1) is 12.9. The van der Waals surface area contributed by atoms with Gasteiger partial charge in [-0.25, -0.2) is 0 Å². The minimum absolute atomic E-state index is 0.0138. The van der Waals surface area contributed by atoms with E-state index in [1.807, 2.05) is 0 Å². The lowest BCUT2D eigenvalue weighted by Crippen LogP contribution is -2.58. The van der Waals surface area contributed by atoms with Gasteiger partial charge < -0.3 is 4.74 Å². The van der Waals surface area contributed by atoms with Crippen molar-refractivity contribution in [3.8, 4) is 0 Å². The topological polar surface area (TPSA) is 26.3 Å². The molecule has 2 fully saturated rings. The molecule has 1 saturated heterocycles. The minimum Gasteiger partial charge on any atom is -0.458 e. The summed E-state index contributed by atoms with van der Waals surface area (Å²) in [6.45, 7) is 2.24. The van der Waals surface area contributed by atoms with E-state index in [0.29, 0.717) is 0 Å². The Kier molecular flexibility index (Phi) is 4.47. The Labute approximate surface area is 105 Å². The molecule has 1 heterocycles. The van der Waals surface area contributed by atoms with Gasteiger partial charge in [0.05, 0.1) is 5.92 Å². The summed E-state index contributed by atoms with van der Waals surface area (Å²) in [5.41, 5.74) is -0.0138. The molecule has 0 aromatic rings. The van der Waals surface area contributed by atoms with Crippen LogP contribution in [0, 0.1) is 5.92 Å². The second-order valence-electron chi connectivity index (χ2n) is 5.80. The van der Waals surface area contributed by atoms with E-state index >= 15 is 0 Å².